The average Bonchev–Trinajstić information content (AvgIpc) is 2.57. The van der Waals surface area contributed by atoms with Crippen LogP contribution in [-0.4, -0.2) is 48.9 Å². The van der Waals surface area contributed by atoms with E-state index in [9.17, 15) is 9.59 Å². The fourth-order valence-electron chi connectivity index (χ4n) is 3.51. The Morgan fingerprint density at radius 1 is 1.35 bits per heavy atom. The minimum Gasteiger partial charge on any atom is -0.356 e. The van der Waals surface area contributed by atoms with Gasteiger partial charge in [-0.05, 0) is 31.6 Å². The number of carbonyl (C=O) groups excluding carboxylic acids is 2. The van der Waals surface area contributed by atoms with Crippen LogP contribution in [0.4, 0.5) is 0 Å². The Balaban J connectivity index is 1.71. The van der Waals surface area contributed by atoms with Crippen molar-refractivity contribution in [2.75, 3.05) is 26.2 Å². The van der Waals surface area contributed by atoms with Crippen molar-refractivity contribution in [3.63, 3.8) is 0 Å². The Labute approximate surface area is 139 Å². The van der Waals surface area contributed by atoms with Gasteiger partial charge in [-0.3, -0.25) is 9.59 Å². The highest BCUT2D eigenvalue weighted by Crippen LogP contribution is 2.22. The van der Waals surface area contributed by atoms with E-state index in [4.69, 9.17) is 0 Å². The van der Waals surface area contributed by atoms with Gasteiger partial charge in [-0.25, -0.2) is 0 Å². The van der Waals surface area contributed by atoms with Gasteiger partial charge in [0.2, 0.25) is 11.8 Å². The van der Waals surface area contributed by atoms with Gasteiger partial charge in [-0.2, -0.15) is 0 Å². The van der Waals surface area contributed by atoms with E-state index < -0.39 is 0 Å². The van der Waals surface area contributed by atoms with Crippen molar-refractivity contribution in [2.24, 2.45) is 5.92 Å². The van der Waals surface area contributed by atoms with Gasteiger partial charge in [0, 0.05) is 26.2 Å². The van der Waals surface area contributed by atoms with E-state index in [0.29, 0.717) is 5.92 Å². The topological polar surface area (TPSA) is 61.4 Å². The predicted molar refractivity (Wildman–Crippen MR) is 92.0 cm³/mol. The summed E-state index contributed by atoms with van der Waals surface area (Å²) in [5.74, 6) is 0.681. The maximum atomic E-state index is 12.4. The number of unbranched alkanes of at least 4 members (excludes halogenated alkanes) is 1. The van der Waals surface area contributed by atoms with Crippen LogP contribution in [0.1, 0.15) is 51.4 Å². The molecule has 0 aromatic carbocycles. The summed E-state index contributed by atoms with van der Waals surface area (Å²) in [6.45, 7) is 6.73. The lowest BCUT2D eigenvalue weighted by molar-refractivity contribution is -0.138. The second kappa shape index (κ2) is 9.71. The highest BCUT2D eigenvalue weighted by Gasteiger charge is 2.29. The SMILES string of the molecule is C=CCCCN1CCNC(CC(=O)NCC2CCCCC2)C1=O. The lowest BCUT2D eigenvalue weighted by Crippen LogP contribution is -2.56. The molecule has 2 N–H and O–H groups in total. The van der Waals surface area contributed by atoms with Crippen LogP contribution in [0.5, 0.6) is 0 Å². The van der Waals surface area contributed by atoms with Crippen molar-refractivity contribution < 1.29 is 9.59 Å². The fourth-order valence-corrected chi connectivity index (χ4v) is 3.51. The molecule has 1 unspecified atom stereocenters. The van der Waals surface area contributed by atoms with Crippen molar-refractivity contribution in [1.29, 1.82) is 0 Å². The Hall–Kier alpha value is -1.36. The first kappa shape index (κ1) is 18.0. The first-order valence-corrected chi connectivity index (χ1v) is 9.10. The molecule has 0 bridgehead atoms. The quantitative estimate of drug-likeness (QED) is 0.530. The van der Waals surface area contributed by atoms with Crippen molar-refractivity contribution in [3.8, 4) is 0 Å². The second-order valence-electron chi connectivity index (χ2n) is 6.78. The maximum absolute atomic E-state index is 12.4. The van der Waals surface area contributed by atoms with Crippen LogP contribution in [0.15, 0.2) is 12.7 Å². The third kappa shape index (κ3) is 5.98. The van der Waals surface area contributed by atoms with Crippen molar-refractivity contribution in [2.45, 2.75) is 57.4 Å². The number of piperazine rings is 1. The minimum absolute atomic E-state index is 0.00522. The lowest BCUT2D eigenvalue weighted by Gasteiger charge is -2.33. The monoisotopic (exact) mass is 321 g/mol. The van der Waals surface area contributed by atoms with Crippen molar-refractivity contribution in [3.05, 3.63) is 12.7 Å². The number of amides is 2. The van der Waals surface area contributed by atoms with E-state index >= 15 is 0 Å². The molecule has 0 radical (unpaired) electrons. The molecule has 130 valence electrons. The predicted octanol–water partition coefficient (Wildman–Crippen LogP) is 1.84. The Morgan fingerprint density at radius 2 is 2.13 bits per heavy atom. The highest BCUT2D eigenvalue weighted by atomic mass is 16.2. The zero-order chi connectivity index (χ0) is 16.5. The molecule has 1 heterocycles. The van der Waals surface area contributed by atoms with Gasteiger partial charge in [0.15, 0.2) is 0 Å². The molecule has 1 aliphatic carbocycles. The molecule has 1 atom stereocenters. The number of allylic oxidation sites excluding steroid dienone is 1. The first-order valence-electron chi connectivity index (χ1n) is 9.10. The maximum Gasteiger partial charge on any atom is 0.240 e. The summed E-state index contributed by atoms with van der Waals surface area (Å²) in [7, 11) is 0. The van der Waals surface area contributed by atoms with Crippen LogP contribution in [-0.2, 0) is 9.59 Å². The molecule has 2 amide bonds. The Morgan fingerprint density at radius 3 is 2.87 bits per heavy atom. The summed E-state index contributed by atoms with van der Waals surface area (Å²) in [5, 5.41) is 6.21. The summed E-state index contributed by atoms with van der Waals surface area (Å²) in [6.07, 6.45) is 10.3. The third-order valence-electron chi connectivity index (χ3n) is 4.92. The van der Waals surface area contributed by atoms with Gasteiger partial charge in [0.25, 0.3) is 0 Å². The number of nitrogens with zero attached hydrogens (tertiary/aromatic N) is 1. The van der Waals surface area contributed by atoms with E-state index in [2.05, 4.69) is 17.2 Å². The van der Waals surface area contributed by atoms with Gasteiger partial charge in [-0.15, -0.1) is 6.58 Å². The second-order valence-corrected chi connectivity index (χ2v) is 6.78. The molecular formula is C18H31N3O2. The molecule has 1 saturated heterocycles. The molecule has 5 heteroatoms. The first-order chi connectivity index (χ1) is 11.2. The average molecular weight is 321 g/mol. The van der Waals surface area contributed by atoms with E-state index in [0.717, 1.165) is 39.0 Å². The zero-order valence-corrected chi connectivity index (χ0v) is 14.2. The number of carbonyl (C=O) groups is 2. The largest absolute Gasteiger partial charge is 0.356 e. The number of rotatable bonds is 8. The van der Waals surface area contributed by atoms with Crippen LogP contribution >= 0.6 is 0 Å². The molecule has 0 spiro atoms. The summed E-state index contributed by atoms with van der Waals surface area (Å²) >= 11 is 0. The van der Waals surface area contributed by atoms with Crippen LogP contribution < -0.4 is 10.6 Å². The molecule has 5 nitrogen and oxygen atoms in total. The summed E-state index contributed by atoms with van der Waals surface area (Å²) in [5.41, 5.74) is 0. The van der Waals surface area contributed by atoms with Gasteiger partial charge >= 0.3 is 0 Å². The molecule has 0 aromatic rings. The molecular weight excluding hydrogens is 290 g/mol. The third-order valence-corrected chi connectivity index (χ3v) is 4.92. The lowest BCUT2D eigenvalue weighted by atomic mass is 9.89. The molecule has 2 rings (SSSR count). The molecule has 23 heavy (non-hydrogen) atoms. The minimum atomic E-state index is -0.362. The fraction of sp³-hybridized carbons (Fsp3) is 0.778. The molecule has 2 aliphatic rings. The van der Waals surface area contributed by atoms with Crippen molar-refractivity contribution >= 4 is 11.8 Å². The smallest absolute Gasteiger partial charge is 0.240 e. The van der Waals surface area contributed by atoms with Crippen LogP contribution in [0.3, 0.4) is 0 Å². The Kier molecular flexibility index (Phi) is 7.59. The van der Waals surface area contributed by atoms with Crippen molar-refractivity contribution in [1.82, 2.24) is 15.5 Å². The highest BCUT2D eigenvalue weighted by molar-refractivity contribution is 5.88. The van der Waals surface area contributed by atoms with Gasteiger partial charge in [-0.1, -0.05) is 25.3 Å². The number of hydrogen-bond acceptors (Lipinski definition) is 3. The van der Waals surface area contributed by atoms with E-state index in [1.165, 1.54) is 32.1 Å². The van der Waals surface area contributed by atoms with Gasteiger partial charge < -0.3 is 15.5 Å². The van der Waals surface area contributed by atoms with Crippen LogP contribution in [0, 0.1) is 5.92 Å². The summed E-state index contributed by atoms with van der Waals surface area (Å²) < 4.78 is 0. The molecule has 1 aliphatic heterocycles. The molecule has 1 saturated carbocycles. The molecule has 0 aromatic heterocycles. The van der Waals surface area contributed by atoms with Crippen LogP contribution in [0.25, 0.3) is 0 Å². The normalized spacial score (nSPS) is 22.9. The zero-order valence-electron chi connectivity index (χ0n) is 14.2. The van der Waals surface area contributed by atoms with Crippen LogP contribution in [0.2, 0.25) is 0 Å². The summed E-state index contributed by atoms with van der Waals surface area (Å²) in [6, 6.07) is -0.362. The standard InChI is InChI=1S/C18H31N3O2/c1-2-3-7-11-21-12-10-19-16(18(21)23)13-17(22)20-14-15-8-5-4-6-9-15/h2,15-16,19H,1,3-14H2,(H,20,22). The van der Waals surface area contributed by atoms with E-state index in [-0.39, 0.29) is 24.3 Å². The molecule has 2 fully saturated rings. The van der Waals surface area contributed by atoms with Gasteiger partial charge in [0.1, 0.15) is 0 Å². The van der Waals surface area contributed by atoms with E-state index in [1.54, 1.807) is 0 Å². The number of hydrogen-bond donors (Lipinski definition) is 2. The van der Waals surface area contributed by atoms with E-state index in [1.807, 2.05) is 11.0 Å². The Bertz CT molecular complexity index is 405. The summed E-state index contributed by atoms with van der Waals surface area (Å²) in [4.78, 5) is 26.4. The van der Waals surface area contributed by atoms with Gasteiger partial charge in [0.05, 0.1) is 12.5 Å². The number of nitrogens with one attached hydrogen (secondary N) is 2.